The van der Waals surface area contributed by atoms with Crippen LogP contribution in [0.5, 0.6) is 0 Å². The average Bonchev–Trinajstić information content (AvgIpc) is 2.44. The van der Waals surface area contributed by atoms with Gasteiger partial charge in [-0.3, -0.25) is 0 Å². The summed E-state index contributed by atoms with van der Waals surface area (Å²) in [6.45, 7) is 4.07. The molecule has 0 saturated carbocycles. The van der Waals surface area contributed by atoms with E-state index in [4.69, 9.17) is 5.73 Å². The summed E-state index contributed by atoms with van der Waals surface area (Å²) >= 11 is 0. The van der Waals surface area contributed by atoms with Crippen molar-refractivity contribution in [2.75, 3.05) is 0 Å². The van der Waals surface area contributed by atoms with Crippen LogP contribution in [-0.2, 0) is 6.42 Å². The Balaban J connectivity index is 2.41. The summed E-state index contributed by atoms with van der Waals surface area (Å²) in [5, 5.41) is 0. The van der Waals surface area contributed by atoms with E-state index in [1.807, 2.05) is 23.6 Å². The Hall–Kier alpha value is -1.35. The molecule has 0 aliphatic rings. The second kappa shape index (κ2) is 3.42. The minimum absolute atomic E-state index is 0.168. The van der Waals surface area contributed by atoms with E-state index in [0.29, 0.717) is 0 Å². The topological polar surface area (TPSA) is 43.3 Å². The standard InChI is InChI=1S/C11H15N3/c1-8-3-4-11-13-10(5-9(2)12)7-14(11)6-8/h3-4,6-7,9H,5,12H2,1-2H3. The molecule has 0 fully saturated rings. The van der Waals surface area contributed by atoms with Crippen molar-refractivity contribution < 1.29 is 0 Å². The van der Waals surface area contributed by atoms with Crippen molar-refractivity contribution in [3.8, 4) is 0 Å². The van der Waals surface area contributed by atoms with Crippen molar-refractivity contribution in [3.63, 3.8) is 0 Å². The molecule has 0 bridgehead atoms. The number of aromatic nitrogens is 2. The lowest BCUT2D eigenvalue weighted by Crippen LogP contribution is -2.17. The van der Waals surface area contributed by atoms with Gasteiger partial charge in [-0.2, -0.15) is 0 Å². The van der Waals surface area contributed by atoms with Crippen LogP contribution in [0.2, 0.25) is 0 Å². The zero-order valence-corrected chi connectivity index (χ0v) is 8.57. The molecular formula is C11H15N3. The highest BCUT2D eigenvalue weighted by molar-refractivity contribution is 5.41. The van der Waals surface area contributed by atoms with E-state index in [2.05, 4.69) is 24.2 Å². The summed E-state index contributed by atoms with van der Waals surface area (Å²) in [5.74, 6) is 0. The fourth-order valence-electron chi connectivity index (χ4n) is 1.58. The van der Waals surface area contributed by atoms with E-state index < -0.39 is 0 Å². The largest absolute Gasteiger partial charge is 0.328 e. The molecule has 1 unspecified atom stereocenters. The van der Waals surface area contributed by atoms with Gasteiger partial charge in [0.25, 0.3) is 0 Å². The summed E-state index contributed by atoms with van der Waals surface area (Å²) in [7, 11) is 0. The predicted octanol–water partition coefficient (Wildman–Crippen LogP) is 1.53. The molecule has 2 aromatic rings. The molecule has 2 aromatic heterocycles. The highest BCUT2D eigenvalue weighted by Gasteiger charge is 2.03. The van der Waals surface area contributed by atoms with Gasteiger partial charge >= 0.3 is 0 Å². The average molecular weight is 189 g/mol. The number of fused-ring (bicyclic) bond motifs is 1. The summed E-state index contributed by atoms with van der Waals surface area (Å²) in [5.41, 5.74) is 9.02. The number of rotatable bonds is 2. The third-order valence-electron chi connectivity index (χ3n) is 2.18. The summed E-state index contributed by atoms with van der Waals surface area (Å²) in [6, 6.07) is 4.26. The van der Waals surface area contributed by atoms with Crippen LogP contribution in [0, 0.1) is 6.92 Å². The Labute approximate surface area is 83.6 Å². The van der Waals surface area contributed by atoms with Crippen LogP contribution in [0.3, 0.4) is 0 Å². The van der Waals surface area contributed by atoms with Crippen LogP contribution in [0.4, 0.5) is 0 Å². The molecule has 2 heterocycles. The second-order valence-corrected chi connectivity index (χ2v) is 3.89. The molecule has 0 aliphatic carbocycles. The Morgan fingerprint density at radius 3 is 2.93 bits per heavy atom. The summed E-state index contributed by atoms with van der Waals surface area (Å²) in [4.78, 5) is 4.48. The zero-order valence-electron chi connectivity index (χ0n) is 8.57. The van der Waals surface area contributed by atoms with E-state index in [0.717, 1.165) is 17.8 Å². The first-order valence-electron chi connectivity index (χ1n) is 4.85. The van der Waals surface area contributed by atoms with E-state index >= 15 is 0 Å². The molecule has 3 heteroatoms. The molecule has 0 aliphatic heterocycles. The number of aryl methyl sites for hydroxylation is 1. The fraction of sp³-hybridized carbons (Fsp3) is 0.364. The van der Waals surface area contributed by atoms with Gasteiger partial charge in [0.05, 0.1) is 5.69 Å². The van der Waals surface area contributed by atoms with Crippen LogP contribution in [0.25, 0.3) is 5.65 Å². The maximum Gasteiger partial charge on any atom is 0.136 e. The normalized spacial score (nSPS) is 13.4. The number of nitrogens with two attached hydrogens (primary N) is 1. The third kappa shape index (κ3) is 1.77. The smallest absolute Gasteiger partial charge is 0.136 e. The number of imidazole rings is 1. The Morgan fingerprint density at radius 2 is 2.21 bits per heavy atom. The number of hydrogen-bond acceptors (Lipinski definition) is 2. The van der Waals surface area contributed by atoms with Crippen molar-refractivity contribution in [2.45, 2.75) is 26.3 Å². The maximum atomic E-state index is 5.73. The maximum absolute atomic E-state index is 5.73. The molecule has 2 rings (SSSR count). The molecule has 0 spiro atoms. The molecule has 0 radical (unpaired) electrons. The predicted molar refractivity (Wildman–Crippen MR) is 57.3 cm³/mol. The molecule has 0 aromatic carbocycles. The van der Waals surface area contributed by atoms with Gasteiger partial charge in [0.2, 0.25) is 0 Å². The van der Waals surface area contributed by atoms with E-state index in [-0.39, 0.29) is 6.04 Å². The number of nitrogens with zero attached hydrogens (tertiary/aromatic N) is 2. The minimum Gasteiger partial charge on any atom is -0.328 e. The Kier molecular flexibility index (Phi) is 2.25. The molecule has 1 atom stereocenters. The third-order valence-corrected chi connectivity index (χ3v) is 2.18. The van der Waals surface area contributed by atoms with E-state index in [9.17, 15) is 0 Å². The van der Waals surface area contributed by atoms with Crippen molar-refractivity contribution >= 4 is 5.65 Å². The van der Waals surface area contributed by atoms with Crippen molar-refractivity contribution in [3.05, 3.63) is 35.8 Å². The molecular weight excluding hydrogens is 174 g/mol. The highest BCUT2D eigenvalue weighted by Crippen LogP contribution is 2.08. The number of pyridine rings is 1. The van der Waals surface area contributed by atoms with Crippen molar-refractivity contribution in [2.24, 2.45) is 5.73 Å². The van der Waals surface area contributed by atoms with Crippen LogP contribution in [-0.4, -0.2) is 15.4 Å². The Bertz CT molecular complexity index is 443. The van der Waals surface area contributed by atoms with Crippen LogP contribution in [0.1, 0.15) is 18.2 Å². The molecule has 2 N–H and O–H groups in total. The van der Waals surface area contributed by atoms with Crippen LogP contribution >= 0.6 is 0 Å². The van der Waals surface area contributed by atoms with Crippen molar-refractivity contribution in [1.82, 2.24) is 9.38 Å². The first kappa shape index (κ1) is 9.21. The van der Waals surface area contributed by atoms with Crippen molar-refractivity contribution in [1.29, 1.82) is 0 Å². The first-order valence-corrected chi connectivity index (χ1v) is 4.85. The summed E-state index contributed by atoms with van der Waals surface area (Å²) in [6.07, 6.45) is 4.96. The van der Waals surface area contributed by atoms with Gasteiger partial charge in [-0.25, -0.2) is 4.98 Å². The Morgan fingerprint density at radius 1 is 1.43 bits per heavy atom. The van der Waals surface area contributed by atoms with E-state index in [1.165, 1.54) is 5.56 Å². The lowest BCUT2D eigenvalue weighted by molar-refractivity contribution is 0.726. The first-order chi connectivity index (χ1) is 6.65. The SMILES string of the molecule is Cc1ccc2nc(CC(C)N)cn2c1. The monoisotopic (exact) mass is 189 g/mol. The number of hydrogen-bond donors (Lipinski definition) is 1. The van der Waals surface area contributed by atoms with Gasteiger partial charge in [0.1, 0.15) is 5.65 Å². The zero-order chi connectivity index (χ0) is 10.1. The van der Waals surface area contributed by atoms with Crippen LogP contribution in [0.15, 0.2) is 24.5 Å². The van der Waals surface area contributed by atoms with Gasteiger partial charge in [0.15, 0.2) is 0 Å². The molecule has 0 saturated heterocycles. The highest BCUT2D eigenvalue weighted by atomic mass is 15.0. The summed E-state index contributed by atoms with van der Waals surface area (Å²) < 4.78 is 2.05. The second-order valence-electron chi connectivity index (χ2n) is 3.89. The minimum atomic E-state index is 0.168. The van der Waals surface area contributed by atoms with Gasteiger partial charge in [-0.05, 0) is 25.5 Å². The van der Waals surface area contributed by atoms with Gasteiger partial charge in [-0.1, -0.05) is 6.07 Å². The molecule has 14 heavy (non-hydrogen) atoms. The lowest BCUT2D eigenvalue weighted by atomic mass is 10.2. The molecule has 74 valence electrons. The van der Waals surface area contributed by atoms with E-state index in [1.54, 1.807) is 0 Å². The lowest BCUT2D eigenvalue weighted by Gasteiger charge is -1.98. The van der Waals surface area contributed by atoms with Gasteiger partial charge in [0, 0.05) is 24.9 Å². The quantitative estimate of drug-likeness (QED) is 0.778. The van der Waals surface area contributed by atoms with Crippen LogP contribution < -0.4 is 5.73 Å². The van der Waals surface area contributed by atoms with Gasteiger partial charge < -0.3 is 10.1 Å². The fourth-order valence-corrected chi connectivity index (χ4v) is 1.58. The molecule has 3 nitrogen and oxygen atoms in total. The van der Waals surface area contributed by atoms with Gasteiger partial charge in [-0.15, -0.1) is 0 Å². The molecule has 0 amide bonds.